The van der Waals surface area contributed by atoms with Crippen LogP contribution >= 0.6 is 12.2 Å². The van der Waals surface area contributed by atoms with E-state index in [1.807, 2.05) is 30.3 Å². The summed E-state index contributed by atoms with van der Waals surface area (Å²) in [6.45, 7) is 3.19. The van der Waals surface area contributed by atoms with Gasteiger partial charge in [-0.25, -0.2) is 0 Å². The Hall–Kier alpha value is -0.890. The Balaban J connectivity index is 2.29. The Morgan fingerprint density at radius 1 is 1.21 bits per heavy atom. The summed E-state index contributed by atoms with van der Waals surface area (Å²) in [5.41, 5.74) is 1.11. The van der Waals surface area contributed by atoms with E-state index in [9.17, 15) is 0 Å². The number of benzene rings is 1. The first-order chi connectivity index (χ1) is 6.84. The molecule has 1 aromatic carbocycles. The number of thiocarbonyl (C=S) groups is 1. The maximum atomic E-state index is 5.26. The van der Waals surface area contributed by atoms with Crippen LogP contribution in [-0.4, -0.2) is 11.5 Å². The largest absolute Gasteiger partial charge is 0.376 e. The molecule has 0 saturated carbocycles. The molecule has 0 aliphatic heterocycles. The van der Waals surface area contributed by atoms with Gasteiger partial charge in [-0.1, -0.05) is 62.3 Å². The fraction of sp³-hybridized carbons (Fsp3) is 0.417. The van der Waals surface area contributed by atoms with E-state index in [4.69, 9.17) is 12.2 Å². The normalized spacial score (nSPS) is 9.79. The molecule has 0 amide bonds. The van der Waals surface area contributed by atoms with Crippen LogP contribution in [0.25, 0.3) is 0 Å². The number of nitrogens with one attached hydrogen (secondary N) is 1. The average molecular weight is 207 g/mol. The summed E-state index contributed by atoms with van der Waals surface area (Å²) >= 11 is 5.26. The molecule has 0 aliphatic carbocycles. The molecule has 0 saturated heterocycles. The van der Waals surface area contributed by atoms with Crippen molar-refractivity contribution >= 4 is 17.2 Å². The molecule has 1 N–H and O–H groups in total. The number of hydrogen-bond acceptors (Lipinski definition) is 1. The number of hydrogen-bond donors (Lipinski definition) is 1. The predicted octanol–water partition coefficient (Wildman–Crippen LogP) is 3.14. The molecule has 14 heavy (non-hydrogen) atoms. The molecule has 2 heteroatoms. The predicted molar refractivity (Wildman–Crippen MR) is 65.7 cm³/mol. The van der Waals surface area contributed by atoms with Crippen LogP contribution in [0.2, 0.25) is 0 Å². The van der Waals surface area contributed by atoms with Crippen molar-refractivity contribution in [1.82, 2.24) is 5.32 Å². The first kappa shape index (κ1) is 11.2. The van der Waals surface area contributed by atoms with Gasteiger partial charge in [-0.15, -0.1) is 0 Å². The molecule has 1 rings (SSSR count). The minimum absolute atomic E-state index is 0.863. The molecule has 0 atom stereocenters. The lowest BCUT2D eigenvalue weighted by Gasteiger charge is -2.06. The van der Waals surface area contributed by atoms with Crippen LogP contribution < -0.4 is 5.32 Å². The SMILES string of the molecule is CCCCCNC(=S)c1ccccc1. The molecule has 0 aliphatic rings. The summed E-state index contributed by atoms with van der Waals surface area (Å²) < 4.78 is 0. The summed E-state index contributed by atoms with van der Waals surface area (Å²) in [4.78, 5) is 0.863. The Morgan fingerprint density at radius 2 is 1.93 bits per heavy atom. The van der Waals surface area contributed by atoms with E-state index >= 15 is 0 Å². The quantitative estimate of drug-likeness (QED) is 0.588. The fourth-order valence-electron chi connectivity index (χ4n) is 1.27. The molecule has 0 bridgehead atoms. The molecule has 76 valence electrons. The van der Waals surface area contributed by atoms with Crippen molar-refractivity contribution in [2.45, 2.75) is 26.2 Å². The highest BCUT2D eigenvalue weighted by atomic mass is 32.1. The van der Waals surface area contributed by atoms with Gasteiger partial charge in [0.2, 0.25) is 0 Å². The van der Waals surface area contributed by atoms with Crippen molar-refractivity contribution in [3.63, 3.8) is 0 Å². The van der Waals surface area contributed by atoms with Crippen molar-refractivity contribution < 1.29 is 0 Å². The Kier molecular flexibility index (Phi) is 5.23. The van der Waals surface area contributed by atoms with Crippen LogP contribution in [-0.2, 0) is 0 Å². The molecule has 0 spiro atoms. The first-order valence-electron chi connectivity index (χ1n) is 5.18. The summed E-state index contributed by atoms with van der Waals surface area (Å²) in [7, 11) is 0. The summed E-state index contributed by atoms with van der Waals surface area (Å²) in [5, 5.41) is 3.27. The minimum atomic E-state index is 0.863. The van der Waals surface area contributed by atoms with Gasteiger partial charge in [0.05, 0.1) is 0 Å². The summed E-state index contributed by atoms with van der Waals surface area (Å²) in [6, 6.07) is 10.1. The smallest absolute Gasteiger partial charge is 0.106 e. The van der Waals surface area contributed by atoms with Crippen molar-refractivity contribution in [1.29, 1.82) is 0 Å². The fourth-order valence-corrected chi connectivity index (χ4v) is 1.51. The van der Waals surface area contributed by atoms with Crippen LogP contribution in [0.1, 0.15) is 31.7 Å². The highest BCUT2D eigenvalue weighted by Crippen LogP contribution is 1.99. The third-order valence-corrected chi connectivity index (χ3v) is 2.48. The van der Waals surface area contributed by atoms with Gasteiger partial charge in [0.1, 0.15) is 4.99 Å². The summed E-state index contributed by atoms with van der Waals surface area (Å²) in [6.07, 6.45) is 3.72. The molecular weight excluding hydrogens is 190 g/mol. The molecule has 0 fully saturated rings. The molecule has 0 aromatic heterocycles. The zero-order chi connectivity index (χ0) is 10.2. The van der Waals surface area contributed by atoms with Crippen LogP contribution in [0.15, 0.2) is 30.3 Å². The van der Waals surface area contributed by atoms with Crippen molar-refractivity contribution in [3.05, 3.63) is 35.9 Å². The third kappa shape index (κ3) is 3.88. The Morgan fingerprint density at radius 3 is 2.57 bits per heavy atom. The van der Waals surface area contributed by atoms with Gasteiger partial charge >= 0.3 is 0 Å². The van der Waals surface area contributed by atoms with E-state index in [0.29, 0.717) is 0 Å². The molecule has 1 aromatic rings. The Labute approximate surface area is 91.5 Å². The van der Waals surface area contributed by atoms with Crippen molar-refractivity contribution in [2.75, 3.05) is 6.54 Å². The van der Waals surface area contributed by atoms with Gasteiger partial charge < -0.3 is 5.32 Å². The van der Waals surface area contributed by atoms with E-state index in [0.717, 1.165) is 17.1 Å². The van der Waals surface area contributed by atoms with Crippen LogP contribution in [0.3, 0.4) is 0 Å². The monoisotopic (exact) mass is 207 g/mol. The van der Waals surface area contributed by atoms with Crippen LogP contribution in [0, 0.1) is 0 Å². The topological polar surface area (TPSA) is 12.0 Å². The lowest BCUT2D eigenvalue weighted by molar-refractivity contribution is 0.698. The summed E-state index contributed by atoms with van der Waals surface area (Å²) in [5.74, 6) is 0. The maximum Gasteiger partial charge on any atom is 0.106 e. The van der Waals surface area contributed by atoms with Crippen molar-refractivity contribution in [3.8, 4) is 0 Å². The molecule has 1 nitrogen and oxygen atoms in total. The van der Waals surface area contributed by atoms with Crippen LogP contribution in [0.4, 0.5) is 0 Å². The Bertz CT molecular complexity index is 269. The van der Waals surface area contributed by atoms with Crippen LogP contribution in [0.5, 0.6) is 0 Å². The van der Waals surface area contributed by atoms with Gasteiger partial charge in [0.25, 0.3) is 0 Å². The van der Waals surface area contributed by atoms with E-state index in [2.05, 4.69) is 12.2 Å². The van der Waals surface area contributed by atoms with E-state index < -0.39 is 0 Å². The number of rotatable bonds is 5. The average Bonchev–Trinajstić information content (AvgIpc) is 2.25. The van der Waals surface area contributed by atoms with Gasteiger partial charge in [-0.2, -0.15) is 0 Å². The highest BCUT2D eigenvalue weighted by Gasteiger charge is 1.97. The van der Waals surface area contributed by atoms with E-state index in [1.165, 1.54) is 19.3 Å². The second kappa shape index (κ2) is 6.55. The van der Waals surface area contributed by atoms with Gasteiger partial charge in [-0.05, 0) is 6.42 Å². The van der Waals surface area contributed by atoms with Crippen molar-refractivity contribution in [2.24, 2.45) is 0 Å². The molecule has 0 heterocycles. The van der Waals surface area contributed by atoms with E-state index in [-0.39, 0.29) is 0 Å². The van der Waals surface area contributed by atoms with Gasteiger partial charge in [0, 0.05) is 12.1 Å². The second-order valence-electron chi connectivity index (χ2n) is 3.33. The lowest BCUT2D eigenvalue weighted by Crippen LogP contribution is -2.23. The standard InChI is InChI=1S/C12H17NS/c1-2-3-7-10-13-12(14)11-8-5-4-6-9-11/h4-6,8-9H,2-3,7,10H2,1H3,(H,13,14). The van der Waals surface area contributed by atoms with Gasteiger partial charge in [-0.3, -0.25) is 0 Å². The molecular formula is C12H17NS. The van der Waals surface area contributed by atoms with E-state index in [1.54, 1.807) is 0 Å². The highest BCUT2D eigenvalue weighted by molar-refractivity contribution is 7.80. The maximum absolute atomic E-state index is 5.26. The second-order valence-corrected chi connectivity index (χ2v) is 3.74. The zero-order valence-corrected chi connectivity index (χ0v) is 9.44. The minimum Gasteiger partial charge on any atom is -0.376 e. The molecule has 0 radical (unpaired) electrons. The van der Waals surface area contributed by atoms with Gasteiger partial charge in [0.15, 0.2) is 0 Å². The molecule has 0 unspecified atom stereocenters. The lowest BCUT2D eigenvalue weighted by atomic mass is 10.2. The number of unbranched alkanes of at least 4 members (excludes halogenated alkanes) is 2. The third-order valence-electron chi connectivity index (χ3n) is 2.10. The zero-order valence-electron chi connectivity index (χ0n) is 8.62. The first-order valence-corrected chi connectivity index (χ1v) is 5.58.